The smallest absolute Gasteiger partial charge is 0.343 e. The number of hydrogen-bond donors (Lipinski definition) is 0. The molecule has 0 N–H and O–H groups in total. The summed E-state index contributed by atoms with van der Waals surface area (Å²) in [5.74, 6) is 0.928. The molecule has 4 aromatic carbocycles. The van der Waals surface area contributed by atoms with E-state index in [2.05, 4.69) is 0 Å². The van der Waals surface area contributed by atoms with Crippen molar-refractivity contribution in [3.05, 3.63) is 72.3 Å². The summed E-state index contributed by atoms with van der Waals surface area (Å²) in [5, 5.41) is 2.10. The molecule has 33 heavy (non-hydrogen) atoms. The SMILES string of the molecule is COc1cc(C(=O)Oc2ccc3nc4ccc5ccccc5c4nc3c2)cc(OC)c1OC. The Balaban J connectivity index is 1.53. The summed E-state index contributed by atoms with van der Waals surface area (Å²) in [5.41, 5.74) is 3.22. The number of nitrogens with zero attached hydrogens (tertiary/aromatic N) is 2. The van der Waals surface area contributed by atoms with Crippen LogP contribution in [-0.4, -0.2) is 37.3 Å². The molecule has 0 saturated carbocycles. The van der Waals surface area contributed by atoms with Crippen LogP contribution in [-0.2, 0) is 0 Å². The fraction of sp³-hybridized carbons (Fsp3) is 0.115. The van der Waals surface area contributed by atoms with Crippen molar-refractivity contribution in [3.8, 4) is 23.0 Å². The molecule has 0 aliphatic carbocycles. The van der Waals surface area contributed by atoms with Crippen molar-refractivity contribution >= 4 is 38.8 Å². The van der Waals surface area contributed by atoms with E-state index < -0.39 is 5.97 Å². The standard InChI is InChI=1S/C26H20N2O5/c1-30-22-12-16(13-23(31-2)25(22)32-3)26(29)33-17-9-11-19-21(14-17)28-24-18-7-5-4-6-15(18)8-10-20(24)27-19/h4-14H,1-3H3. The first-order chi connectivity index (χ1) is 16.1. The minimum Gasteiger partial charge on any atom is -0.493 e. The normalized spacial score (nSPS) is 11.0. The van der Waals surface area contributed by atoms with Gasteiger partial charge >= 0.3 is 5.97 Å². The van der Waals surface area contributed by atoms with Gasteiger partial charge in [0, 0.05) is 11.5 Å². The number of benzene rings is 4. The molecule has 1 heterocycles. The highest BCUT2D eigenvalue weighted by Gasteiger charge is 2.19. The van der Waals surface area contributed by atoms with Crippen molar-refractivity contribution in [2.75, 3.05) is 21.3 Å². The van der Waals surface area contributed by atoms with Crippen LogP contribution in [0.4, 0.5) is 0 Å². The Bertz CT molecular complexity index is 1510. The quantitative estimate of drug-likeness (QED) is 0.161. The van der Waals surface area contributed by atoms with Gasteiger partial charge in [-0.05, 0) is 35.7 Å². The third-order valence-electron chi connectivity index (χ3n) is 5.41. The number of aromatic nitrogens is 2. The van der Waals surface area contributed by atoms with E-state index in [4.69, 9.17) is 28.9 Å². The average Bonchev–Trinajstić information content (AvgIpc) is 2.86. The third kappa shape index (κ3) is 3.63. The van der Waals surface area contributed by atoms with Crippen LogP contribution >= 0.6 is 0 Å². The number of fused-ring (bicyclic) bond motifs is 4. The van der Waals surface area contributed by atoms with Gasteiger partial charge in [-0.1, -0.05) is 30.3 Å². The van der Waals surface area contributed by atoms with Gasteiger partial charge in [-0.3, -0.25) is 0 Å². The lowest BCUT2D eigenvalue weighted by atomic mass is 10.1. The Hall–Kier alpha value is -4.39. The minimum atomic E-state index is -0.562. The fourth-order valence-corrected chi connectivity index (χ4v) is 3.82. The van der Waals surface area contributed by atoms with Gasteiger partial charge in [-0.25, -0.2) is 14.8 Å². The van der Waals surface area contributed by atoms with E-state index in [1.165, 1.54) is 21.3 Å². The number of carbonyl (C=O) groups is 1. The van der Waals surface area contributed by atoms with Gasteiger partial charge in [0.1, 0.15) is 5.75 Å². The molecule has 0 fully saturated rings. The van der Waals surface area contributed by atoms with Crippen LogP contribution in [0.25, 0.3) is 32.8 Å². The predicted octanol–water partition coefficient (Wildman–Crippen LogP) is 5.18. The van der Waals surface area contributed by atoms with Crippen molar-refractivity contribution in [2.24, 2.45) is 0 Å². The van der Waals surface area contributed by atoms with Crippen LogP contribution in [0, 0.1) is 0 Å². The summed E-state index contributed by atoms with van der Waals surface area (Å²) in [6.07, 6.45) is 0. The first-order valence-electron chi connectivity index (χ1n) is 10.2. The average molecular weight is 440 g/mol. The molecule has 7 nitrogen and oxygen atoms in total. The molecule has 5 rings (SSSR count). The monoisotopic (exact) mass is 440 g/mol. The lowest BCUT2D eigenvalue weighted by Gasteiger charge is -2.13. The Morgan fingerprint density at radius 1 is 0.727 bits per heavy atom. The summed E-state index contributed by atoms with van der Waals surface area (Å²) in [6.45, 7) is 0. The molecular weight excluding hydrogens is 420 g/mol. The summed E-state index contributed by atoms with van der Waals surface area (Å²) >= 11 is 0. The molecule has 0 spiro atoms. The molecule has 0 aliphatic heterocycles. The Morgan fingerprint density at radius 2 is 1.45 bits per heavy atom. The van der Waals surface area contributed by atoms with Gasteiger partial charge in [-0.2, -0.15) is 0 Å². The molecule has 1 aromatic heterocycles. The maximum atomic E-state index is 12.9. The zero-order valence-electron chi connectivity index (χ0n) is 18.3. The van der Waals surface area contributed by atoms with Crippen LogP contribution in [0.15, 0.2) is 66.7 Å². The van der Waals surface area contributed by atoms with Crippen molar-refractivity contribution in [2.45, 2.75) is 0 Å². The molecule has 7 heteroatoms. The Labute approximate surface area is 189 Å². The first kappa shape index (κ1) is 20.5. The summed E-state index contributed by atoms with van der Waals surface area (Å²) in [7, 11) is 4.48. The second-order valence-electron chi connectivity index (χ2n) is 7.33. The molecule has 0 aliphatic rings. The maximum Gasteiger partial charge on any atom is 0.343 e. The second kappa shape index (κ2) is 8.27. The van der Waals surface area contributed by atoms with E-state index in [1.807, 2.05) is 36.4 Å². The number of esters is 1. The molecule has 5 aromatic rings. The molecule has 0 radical (unpaired) electrons. The van der Waals surface area contributed by atoms with Crippen LogP contribution in [0.3, 0.4) is 0 Å². The van der Waals surface area contributed by atoms with E-state index in [9.17, 15) is 4.79 Å². The van der Waals surface area contributed by atoms with Crippen molar-refractivity contribution in [3.63, 3.8) is 0 Å². The molecule has 0 unspecified atom stereocenters. The van der Waals surface area contributed by atoms with Gasteiger partial charge < -0.3 is 18.9 Å². The molecule has 0 amide bonds. The molecule has 0 bridgehead atoms. The number of rotatable bonds is 5. The van der Waals surface area contributed by atoms with Crippen LogP contribution in [0.2, 0.25) is 0 Å². The number of carbonyl (C=O) groups excluding carboxylic acids is 1. The van der Waals surface area contributed by atoms with E-state index >= 15 is 0 Å². The lowest BCUT2D eigenvalue weighted by Crippen LogP contribution is -2.09. The van der Waals surface area contributed by atoms with Crippen LogP contribution in [0.5, 0.6) is 23.0 Å². The molecular formula is C26H20N2O5. The fourth-order valence-electron chi connectivity index (χ4n) is 3.82. The highest BCUT2D eigenvalue weighted by molar-refractivity contribution is 6.06. The van der Waals surface area contributed by atoms with Gasteiger partial charge in [0.05, 0.1) is 49.0 Å². The van der Waals surface area contributed by atoms with E-state index in [-0.39, 0.29) is 5.56 Å². The van der Waals surface area contributed by atoms with Crippen LogP contribution in [0.1, 0.15) is 10.4 Å². The topological polar surface area (TPSA) is 79.8 Å². The number of hydrogen-bond acceptors (Lipinski definition) is 7. The van der Waals surface area contributed by atoms with Gasteiger partial charge in [-0.15, -0.1) is 0 Å². The summed E-state index contributed by atoms with van der Waals surface area (Å²) in [6, 6.07) is 20.3. The number of methoxy groups -OCH3 is 3. The summed E-state index contributed by atoms with van der Waals surface area (Å²) < 4.78 is 21.6. The molecule has 0 atom stereocenters. The van der Waals surface area contributed by atoms with Gasteiger partial charge in [0.15, 0.2) is 11.5 Å². The first-order valence-corrected chi connectivity index (χ1v) is 10.2. The van der Waals surface area contributed by atoms with Crippen LogP contribution < -0.4 is 18.9 Å². The number of ether oxygens (including phenoxy) is 4. The predicted molar refractivity (Wildman–Crippen MR) is 126 cm³/mol. The Morgan fingerprint density at radius 3 is 2.18 bits per heavy atom. The maximum absolute atomic E-state index is 12.9. The molecule has 0 saturated heterocycles. The van der Waals surface area contributed by atoms with Crippen molar-refractivity contribution in [1.82, 2.24) is 9.97 Å². The summed E-state index contributed by atoms with van der Waals surface area (Å²) in [4.78, 5) is 22.4. The third-order valence-corrected chi connectivity index (χ3v) is 5.41. The highest BCUT2D eigenvalue weighted by Crippen LogP contribution is 2.38. The Kier molecular flexibility index (Phi) is 5.14. The lowest BCUT2D eigenvalue weighted by molar-refractivity contribution is 0.0734. The second-order valence-corrected chi connectivity index (χ2v) is 7.33. The minimum absolute atomic E-state index is 0.264. The zero-order valence-corrected chi connectivity index (χ0v) is 18.3. The van der Waals surface area contributed by atoms with Gasteiger partial charge in [0.2, 0.25) is 5.75 Å². The van der Waals surface area contributed by atoms with E-state index in [1.54, 1.807) is 30.3 Å². The highest BCUT2D eigenvalue weighted by atomic mass is 16.5. The zero-order chi connectivity index (χ0) is 22.9. The van der Waals surface area contributed by atoms with Crippen molar-refractivity contribution < 1.29 is 23.7 Å². The van der Waals surface area contributed by atoms with E-state index in [0.717, 1.165) is 21.8 Å². The van der Waals surface area contributed by atoms with E-state index in [0.29, 0.717) is 34.0 Å². The van der Waals surface area contributed by atoms with Crippen molar-refractivity contribution in [1.29, 1.82) is 0 Å². The largest absolute Gasteiger partial charge is 0.493 e. The molecule has 164 valence electrons. The van der Waals surface area contributed by atoms with Gasteiger partial charge in [0.25, 0.3) is 0 Å².